The maximum absolute atomic E-state index is 12.1. The zero-order valence-electron chi connectivity index (χ0n) is 11.8. The fourth-order valence-electron chi connectivity index (χ4n) is 2.96. The molecule has 1 unspecified atom stereocenters. The Labute approximate surface area is 107 Å². The number of nitrogens with one attached hydrogen (secondary N) is 1. The van der Waals surface area contributed by atoms with Gasteiger partial charge in [-0.05, 0) is 38.5 Å². The van der Waals surface area contributed by atoms with Crippen LogP contribution in [0.3, 0.4) is 0 Å². The van der Waals surface area contributed by atoms with E-state index in [1.165, 1.54) is 32.1 Å². The first-order chi connectivity index (χ1) is 8.19. The summed E-state index contributed by atoms with van der Waals surface area (Å²) in [6, 6.07) is 0.369. The molecule has 0 bridgehead atoms. The molecule has 0 heterocycles. The van der Waals surface area contributed by atoms with E-state index in [9.17, 15) is 4.79 Å². The van der Waals surface area contributed by atoms with Crippen LogP contribution in [0.4, 0.5) is 0 Å². The zero-order valence-corrected chi connectivity index (χ0v) is 11.8. The summed E-state index contributed by atoms with van der Waals surface area (Å²) in [6.45, 7) is 6.46. The van der Waals surface area contributed by atoms with Crippen molar-refractivity contribution in [1.29, 1.82) is 0 Å². The topological polar surface area (TPSA) is 29.1 Å². The van der Waals surface area contributed by atoms with Crippen molar-refractivity contribution in [2.24, 2.45) is 11.8 Å². The van der Waals surface area contributed by atoms with Gasteiger partial charge in [0.25, 0.3) is 0 Å². The smallest absolute Gasteiger partial charge is 0.223 e. The Hall–Kier alpha value is -0.530. The number of carbonyl (C=O) groups excluding carboxylic acids is 1. The Balaban J connectivity index is 2.37. The van der Waals surface area contributed by atoms with Crippen LogP contribution in [-0.4, -0.2) is 11.9 Å². The van der Waals surface area contributed by atoms with E-state index in [0.717, 1.165) is 19.3 Å². The molecule has 1 aliphatic rings. The van der Waals surface area contributed by atoms with Crippen molar-refractivity contribution in [2.75, 3.05) is 0 Å². The summed E-state index contributed by atoms with van der Waals surface area (Å²) in [7, 11) is 0. The number of carbonyl (C=O) groups is 1. The van der Waals surface area contributed by atoms with E-state index in [2.05, 4.69) is 26.1 Å². The van der Waals surface area contributed by atoms with E-state index in [-0.39, 0.29) is 11.8 Å². The van der Waals surface area contributed by atoms with E-state index in [1.807, 2.05) is 0 Å². The maximum atomic E-state index is 12.1. The highest BCUT2D eigenvalue weighted by atomic mass is 16.1. The highest BCUT2D eigenvalue weighted by Crippen LogP contribution is 2.26. The Morgan fingerprint density at radius 2 is 1.88 bits per heavy atom. The zero-order chi connectivity index (χ0) is 12.7. The second-order valence-corrected chi connectivity index (χ2v) is 5.59. The second kappa shape index (κ2) is 7.73. The van der Waals surface area contributed by atoms with Gasteiger partial charge in [0.1, 0.15) is 0 Å². The molecule has 0 spiro atoms. The van der Waals surface area contributed by atoms with Crippen molar-refractivity contribution >= 4 is 5.91 Å². The molecule has 0 saturated heterocycles. The molecule has 2 nitrogen and oxygen atoms in total. The second-order valence-electron chi connectivity index (χ2n) is 5.59. The molecule has 2 heteroatoms. The molecule has 1 saturated carbocycles. The van der Waals surface area contributed by atoms with Crippen LogP contribution in [0.25, 0.3) is 0 Å². The number of amides is 1. The van der Waals surface area contributed by atoms with Crippen LogP contribution >= 0.6 is 0 Å². The number of rotatable bonds is 6. The summed E-state index contributed by atoms with van der Waals surface area (Å²) in [4.78, 5) is 12.1. The number of hydrogen-bond donors (Lipinski definition) is 1. The summed E-state index contributed by atoms with van der Waals surface area (Å²) in [5.41, 5.74) is 0. The van der Waals surface area contributed by atoms with Gasteiger partial charge in [-0.15, -0.1) is 0 Å². The van der Waals surface area contributed by atoms with Crippen molar-refractivity contribution < 1.29 is 4.79 Å². The lowest BCUT2D eigenvalue weighted by Crippen LogP contribution is -2.41. The van der Waals surface area contributed by atoms with Crippen molar-refractivity contribution in [3.05, 3.63) is 0 Å². The van der Waals surface area contributed by atoms with Crippen LogP contribution in [0.1, 0.15) is 72.1 Å². The van der Waals surface area contributed by atoms with Gasteiger partial charge in [-0.25, -0.2) is 0 Å². The summed E-state index contributed by atoms with van der Waals surface area (Å²) in [6.07, 6.45) is 9.76. The molecule has 0 radical (unpaired) electrons. The van der Waals surface area contributed by atoms with Gasteiger partial charge in [-0.3, -0.25) is 4.79 Å². The minimum atomic E-state index is 0.228. The predicted molar refractivity (Wildman–Crippen MR) is 72.9 cm³/mol. The fourth-order valence-corrected chi connectivity index (χ4v) is 2.96. The molecule has 1 N–H and O–H groups in total. The van der Waals surface area contributed by atoms with Gasteiger partial charge in [0, 0.05) is 12.0 Å². The van der Waals surface area contributed by atoms with E-state index in [1.54, 1.807) is 0 Å². The average Bonchev–Trinajstić information content (AvgIpc) is 2.36. The van der Waals surface area contributed by atoms with Crippen LogP contribution in [0.5, 0.6) is 0 Å². The highest BCUT2D eigenvalue weighted by Gasteiger charge is 2.23. The first-order valence-electron chi connectivity index (χ1n) is 7.49. The van der Waals surface area contributed by atoms with Gasteiger partial charge in [-0.1, -0.05) is 39.5 Å². The van der Waals surface area contributed by atoms with Gasteiger partial charge in [0.15, 0.2) is 0 Å². The molecule has 0 aromatic rings. The molecule has 0 aromatic heterocycles. The Morgan fingerprint density at radius 3 is 2.41 bits per heavy atom. The van der Waals surface area contributed by atoms with Crippen LogP contribution in [-0.2, 0) is 4.79 Å². The Kier molecular flexibility index (Phi) is 6.61. The largest absolute Gasteiger partial charge is 0.353 e. The van der Waals surface area contributed by atoms with E-state index >= 15 is 0 Å². The summed E-state index contributed by atoms with van der Waals surface area (Å²) in [5.74, 6) is 1.23. The summed E-state index contributed by atoms with van der Waals surface area (Å²) >= 11 is 0. The standard InChI is InChI=1S/C15H29NO/c1-4-9-13(5-2)15(17)16-12(3)14-10-7-6-8-11-14/h12-14H,4-11H2,1-3H3,(H,16,17)/t12-,13?/m1/s1. The van der Waals surface area contributed by atoms with Crippen LogP contribution in [0.15, 0.2) is 0 Å². The van der Waals surface area contributed by atoms with Crippen molar-refractivity contribution in [1.82, 2.24) is 5.32 Å². The predicted octanol–water partition coefficient (Wildman–Crippen LogP) is 3.90. The molecule has 1 rings (SSSR count). The first kappa shape index (κ1) is 14.5. The molecule has 0 aromatic carbocycles. The third kappa shape index (κ3) is 4.69. The lowest BCUT2D eigenvalue weighted by Gasteiger charge is -2.29. The quantitative estimate of drug-likeness (QED) is 0.748. The lowest BCUT2D eigenvalue weighted by molar-refractivity contribution is -0.126. The van der Waals surface area contributed by atoms with Gasteiger partial charge in [-0.2, -0.15) is 0 Å². The Bertz CT molecular complexity index is 221. The van der Waals surface area contributed by atoms with Crippen molar-refractivity contribution in [2.45, 2.75) is 78.2 Å². The molecule has 2 atom stereocenters. The SMILES string of the molecule is CCCC(CC)C(=O)N[C@H](C)C1CCCCC1. The van der Waals surface area contributed by atoms with E-state index in [0.29, 0.717) is 12.0 Å². The minimum Gasteiger partial charge on any atom is -0.353 e. The van der Waals surface area contributed by atoms with Crippen LogP contribution in [0.2, 0.25) is 0 Å². The molecular weight excluding hydrogens is 210 g/mol. The normalized spacial score (nSPS) is 20.9. The maximum Gasteiger partial charge on any atom is 0.223 e. The summed E-state index contributed by atoms with van der Waals surface area (Å²) in [5, 5.41) is 3.25. The van der Waals surface area contributed by atoms with Crippen LogP contribution in [0, 0.1) is 11.8 Å². The molecule has 0 aliphatic heterocycles. The van der Waals surface area contributed by atoms with Gasteiger partial charge in [0.05, 0.1) is 0 Å². The minimum absolute atomic E-state index is 0.228. The fraction of sp³-hybridized carbons (Fsp3) is 0.933. The third-order valence-electron chi connectivity index (χ3n) is 4.23. The molecule has 17 heavy (non-hydrogen) atoms. The van der Waals surface area contributed by atoms with E-state index in [4.69, 9.17) is 0 Å². The van der Waals surface area contributed by atoms with Crippen LogP contribution < -0.4 is 5.32 Å². The Morgan fingerprint density at radius 1 is 1.24 bits per heavy atom. The molecule has 1 amide bonds. The molecule has 100 valence electrons. The van der Waals surface area contributed by atoms with Gasteiger partial charge >= 0.3 is 0 Å². The first-order valence-corrected chi connectivity index (χ1v) is 7.49. The van der Waals surface area contributed by atoms with Crippen molar-refractivity contribution in [3.63, 3.8) is 0 Å². The number of hydrogen-bond acceptors (Lipinski definition) is 1. The average molecular weight is 239 g/mol. The van der Waals surface area contributed by atoms with Gasteiger partial charge in [0.2, 0.25) is 5.91 Å². The van der Waals surface area contributed by atoms with Gasteiger partial charge < -0.3 is 5.32 Å². The third-order valence-corrected chi connectivity index (χ3v) is 4.23. The lowest BCUT2D eigenvalue weighted by atomic mass is 9.84. The summed E-state index contributed by atoms with van der Waals surface area (Å²) < 4.78 is 0. The monoisotopic (exact) mass is 239 g/mol. The highest BCUT2D eigenvalue weighted by molar-refractivity contribution is 5.78. The molecule has 1 aliphatic carbocycles. The van der Waals surface area contributed by atoms with Crippen molar-refractivity contribution in [3.8, 4) is 0 Å². The molecule has 1 fully saturated rings. The molecular formula is C15H29NO. The van der Waals surface area contributed by atoms with E-state index < -0.39 is 0 Å².